The van der Waals surface area contributed by atoms with E-state index in [-0.39, 0.29) is 60.6 Å². The third-order valence-corrected chi connectivity index (χ3v) is 20.5. The average molecular weight is 1040 g/mol. The molecule has 7 fully saturated rings. The van der Waals surface area contributed by atoms with Crippen LogP contribution >= 0.6 is 0 Å². The number of nitrogens with one attached hydrogen (secondary N) is 1. The van der Waals surface area contributed by atoms with E-state index >= 15 is 4.79 Å². The number of unbranched alkanes of at least 4 members (excludes halogenated alkanes) is 2. The number of hydrogen-bond acceptors (Lipinski definition) is 19. The van der Waals surface area contributed by atoms with Gasteiger partial charge in [-0.2, -0.15) is 0 Å². The van der Waals surface area contributed by atoms with Crippen LogP contribution < -0.4 is 11.1 Å². The lowest BCUT2D eigenvalue weighted by atomic mass is 9.33. The number of amides is 1. The van der Waals surface area contributed by atoms with Gasteiger partial charge in [0.15, 0.2) is 18.7 Å². The zero-order valence-corrected chi connectivity index (χ0v) is 43.9. The van der Waals surface area contributed by atoms with Crippen molar-refractivity contribution >= 4 is 11.9 Å². The van der Waals surface area contributed by atoms with Crippen LogP contribution in [-0.2, 0) is 38.0 Å². The Morgan fingerprint density at radius 1 is 0.753 bits per heavy atom. The van der Waals surface area contributed by atoms with Crippen LogP contribution in [-0.4, -0.2) is 187 Å². The number of fused-ring (bicyclic) bond motifs is 7. The van der Waals surface area contributed by atoms with Crippen molar-refractivity contribution in [1.82, 2.24) is 5.32 Å². The van der Waals surface area contributed by atoms with Gasteiger partial charge in [0.25, 0.3) is 0 Å². The molecule has 4 saturated carbocycles. The number of carbonyl (C=O) groups is 2. The predicted octanol–water partition coefficient (Wildman–Crippen LogP) is 0.393. The number of aliphatic hydroxyl groups is 10. The van der Waals surface area contributed by atoms with Crippen LogP contribution in [0.25, 0.3) is 0 Å². The number of hydrogen-bond donors (Lipinski definition) is 12. The monoisotopic (exact) mass is 1040 g/mol. The highest BCUT2D eigenvalue weighted by molar-refractivity contribution is 5.80. The molecule has 20 nitrogen and oxygen atoms in total. The molecule has 0 radical (unpaired) electrons. The van der Waals surface area contributed by atoms with Crippen molar-refractivity contribution in [2.24, 2.45) is 56.0 Å². The average Bonchev–Trinajstić information content (AvgIpc) is 3.33. The first kappa shape index (κ1) is 57.2. The molecule has 24 atom stereocenters. The molecule has 0 aromatic carbocycles. The fourth-order valence-electron chi connectivity index (χ4n) is 15.8. The molecule has 3 heterocycles. The maximum Gasteiger partial charge on any atom is 0.317 e. The Hall–Kier alpha value is -1.96. The number of rotatable bonds is 14. The van der Waals surface area contributed by atoms with Crippen LogP contribution in [0.4, 0.5) is 0 Å². The Balaban J connectivity index is 1.09. The van der Waals surface area contributed by atoms with Gasteiger partial charge in [0.2, 0.25) is 12.2 Å². The van der Waals surface area contributed by atoms with Gasteiger partial charge in [-0.05, 0) is 124 Å². The number of ether oxygens (including phenoxy) is 6. The van der Waals surface area contributed by atoms with E-state index in [1.54, 1.807) is 0 Å². The smallest absolute Gasteiger partial charge is 0.317 e. The maximum absolute atomic E-state index is 15.6. The third-order valence-electron chi connectivity index (χ3n) is 20.5. The van der Waals surface area contributed by atoms with E-state index in [4.69, 9.17) is 34.2 Å². The molecule has 418 valence electrons. The fourth-order valence-corrected chi connectivity index (χ4v) is 15.8. The zero-order chi connectivity index (χ0) is 53.4. The zero-order valence-electron chi connectivity index (χ0n) is 43.9. The highest BCUT2D eigenvalue weighted by Crippen LogP contribution is 2.76. The molecule has 1 amide bonds. The maximum atomic E-state index is 15.6. The second kappa shape index (κ2) is 21.4. The SMILES string of the molecule is CC1OC(OC2C(OC(=O)[C@]34CCC(C)(C)CC3C3=CCC5[C@@]6(C)CC[C@H](O)[C@@](C)(CO)C6CC[C@@]5(C)[C@]3(C)C[C@H]4O)OC(CO)C(NC(=O)CCCCCN)C2O)C(O)C(O)C1OC1OCC(O)C(O)C1O. The van der Waals surface area contributed by atoms with Gasteiger partial charge in [-0.1, -0.05) is 59.6 Å². The fraction of sp³-hybridized carbons (Fsp3) is 0.925. The van der Waals surface area contributed by atoms with Gasteiger partial charge < -0.3 is 90.5 Å². The van der Waals surface area contributed by atoms with Crippen molar-refractivity contribution in [1.29, 1.82) is 0 Å². The molecule has 0 aromatic heterocycles. The van der Waals surface area contributed by atoms with E-state index < -0.39 is 139 Å². The van der Waals surface area contributed by atoms with Crippen molar-refractivity contribution < 1.29 is 89.1 Å². The van der Waals surface area contributed by atoms with Gasteiger partial charge in [0, 0.05) is 11.8 Å². The first-order valence-corrected chi connectivity index (χ1v) is 27.1. The van der Waals surface area contributed by atoms with Crippen molar-refractivity contribution in [3.8, 4) is 0 Å². The Kier molecular flexibility index (Phi) is 16.7. The minimum Gasteiger partial charge on any atom is -0.432 e. The van der Waals surface area contributed by atoms with E-state index in [2.05, 4.69) is 46.0 Å². The molecule has 8 rings (SSSR count). The number of allylic oxidation sites excluding steroid dienone is 2. The quantitative estimate of drug-likeness (QED) is 0.0636. The number of nitrogens with two attached hydrogens (primary N) is 1. The topological polar surface area (TPSA) is 330 Å². The first-order chi connectivity index (χ1) is 34.3. The summed E-state index contributed by atoms with van der Waals surface area (Å²) in [5.41, 5.74) is 3.25. The van der Waals surface area contributed by atoms with E-state index in [0.717, 1.165) is 31.3 Å². The van der Waals surface area contributed by atoms with Crippen molar-refractivity contribution in [3.05, 3.63) is 11.6 Å². The molecule has 20 heteroatoms. The summed E-state index contributed by atoms with van der Waals surface area (Å²) in [4.78, 5) is 28.9. The van der Waals surface area contributed by atoms with Gasteiger partial charge >= 0.3 is 5.97 Å². The van der Waals surface area contributed by atoms with Crippen molar-refractivity contribution in [3.63, 3.8) is 0 Å². The number of esters is 1. The highest BCUT2D eigenvalue weighted by Gasteiger charge is 2.72. The normalized spacial score (nSPS) is 50.5. The lowest BCUT2D eigenvalue weighted by Crippen LogP contribution is -2.69. The minimum absolute atomic E-state index is 0.0634. The van der Waals surface area contributed by atoms with Crippen molar-refractivity contribution in [2.75, 3.05) is 26.4 Å². The van der Waals surface area contributed by atoms with E-state index in [1.165, 1.54) is 6.92 Å². The third kappa shape index (κ3) is 9.68. The van der Waals surface area contributed by atoms with Crippen LogP contribution in [0.2, 0.25) is 0 Å². The van der Waals surface area contributed by atoms with Crippen LogP contribution in [0.3, 0.4) is 0 Å². The largest absolute Gasteiger partial charge is 0.432 e. The highest BCUT2D eigenvalue weighted by atomic mass is 16.8. The summed E-state index contributed by atoms with van der Waals surface area (Å²) in [6.45, 7) is 13.9. The van der Waals surface area contributed by atoms with E-state index in [9.17, 15) is 55.9 Å². The van der Waals surface area contributed by atoms with Crippen LogP contribution in [0.1, 0.15) is 132 Å². The summed E-state index contributed by atoms with van der Waals surface area (Å²) < 4.78 is 36.3. The summed E-state index contributed by atoms with van der Waals surface area (Å²) in [7, 11) is 0. The number of aliphatic hydroxyl groups excluding tert-OH is 10. The molecule has 3 saturated heterocycles. The minimum atomic E-state index is -1.93. The van der Waals surface area contributed by atoms with Crippen LogP contribution in [0.5, 0.6) is 0 Å². The van der Waals surface area contributed by atoms with Gasteiger partial charge in [0.1, 0.15) is 54.2 Å². The first-order valence-electron chi connectivity index (χ1n) is 27.1. The molecule has 8 aliphatic rings. The van der Waals surface area contributed by atoms with Crippen LogP contribution in [0, 0.1) is 50.2 Å². The summed E-state index contributed by atoms with van der Waals surface area (Å²) in [6.07, 6.45) is -13.2. The summed E-state index contributed by atoms with van der Waals surface area (Å²) in [6, 6.07) is -1.33. The molecule has 0 spiro atoms. The molecule has 17 unspecified atom stereocenters. The summed E-state index contributed by atoms with van der Waals surface area (Å²) in [5.74, 6) is -1.52. The van der Waals surface area contributed by atoms with E-state index in [0.29, 0.717) is 45.1 Å². The predicted molar refractivity (Wildman–Crippen MR) is 259 cm³/mol. The van der Waals surface area contributed by atoms with Gasteiger partial charge in [-0.15, -0.1) is 0 Å². The van der Waals surface area contributed by atoms with Gasteiger partial charge in [-0.25, -0.2) is 0 Å². The second-order valence-corrected chi connectivity index (χ2v) is 25.2. The molecule has 0 bridgehead atoms. The molecule has 13 N–H and O–H groups in total. The van der Waals surface area contributed by atoms with Crippen molar-refractivity contribution in [2.45, 2.75) is 230 Å². The Morgan fingerprint density at radius 2 is 1.45 bits per heavy atom. The van der Waals surface area contributed by atoms with E-state index in [1.807, 2.05) is 6.92 Å². The van der Waals surface area contributed by atoms with Crippen LogP contribution in [0.15, 0.2) is 11.6 Å². The molecule has 73 heavy (non-hydrogen) atoms. The summed E-state index contributed by atoms with van der Waals surface area (Å²) in [5, 5.41) is 115. The standard InChI is InChI=1S/C53H88N2O18/c1-26-42(71-44-40(65)37(62)29(58)24-68-44)39(64)41(66)45(69-26)72-43-38(63)36(55-35(61)11-9-8-10-20-54)30(23-56)70-46(43)73-47(67)53-19-18-48(2,3)21-28(53)27-12-13-32-49(4)16-15-33(59)50(5,25-57)31(49)14-17-51(32,6)52(27,7)22-34(53)60/h12,26,28-34,36-46,56-60,62-66H,8-11,13-25,54H2,1-7H3,(H,55,61)/t26?,28?,29?,30?,31?,32?,33-,34+,36?,37?,38?,39?,40?,41?,42?,43?,44?,45?,46?,49-,50-,51+,52+,53+/m0/s1. The van der Waals surface area contributed by atoms with Gasteiger partial charge in [0.05, 0.1) is 44.2 Å². The molecule has 3 aliphatic heterocycles. The number of carbonyl (C=O) groups excluding carboxylic acids is 2. The molecule has 5 aliphatic carbocycles. The lowest BCUT2D eigenvalue weighted by molar-refractivity contribution is -0.370. The molecule has 0 aromatic rings. The Labute approximate surface area is 429 Å². The molecular formula is C53H88N2O18. The Morgan fingerprint density at radius 3 is 2.14 bits per heavy atom. The second-order valence-electron chi connectivity index (χ2n) is 25.2. The van der Waals surface area contributed by atoms with Gasteiger partial charge in [-0.3, -0.25) is 9.59 Å². The molecular weight excluding hydrogens is 953 g/mol. The lowest BCUT2D eigenvalue weighted by Gasteiger charge is -2.71. The summed E-state index contributed by atoms with van der Waals surface area (Å²) >= 11 is 0. The Bertz CT molecular complexity index is 2000.